The van der Waals surface area contributed by atoms with Crippen LogP contribution in [0.25, 0.3) is 6.08 Å². The van der Waals surface area contributed by atoms with Crippen molar-refractivity contribution in [3.05, 3.63) is 86.4 Å². The summed E-state index contributed by atoms with van der Waals surface area (Å²) >= 11 is 10.5. The van der Waals surface area contributed by atoms with Crippen LogP contribution in [0, 0.1) is 0 Å². The number of anilines is 1. The number of carbonyl (C=O) groups is 2. The summed E-state index contributed by atoms with van der Waals surface area (Å²) in [6, 6.07) is 13.8. The smallest absolute Gasteiger partial charge is 0.273 e. The topological polar surface area (TPSA) is 71.1 Å². The highest BCUT2D eigenvalue weighted by Gasteiger charge is 2.16. The molecule has 0 bridgehead atoms. The van der Waals surface area contributed by atoms with E-state index in [-0.39, 0.29) is 5.70 Å². The van der Waals surface area contributed by atoms with Gasteiger partial charge in [0.05, 0.1) is 0 Å². The zero-order valence-electron chi connectivity index (χ0n) is 13.8. The van der Waals surface area contributed by atoms with Crippen molar-refractivity contribution in [2.45, 2.75) is 0 Å². The molecule has 3 aromatic rings. The molecule has 0 aliphatic carbocycles. The Bertz CT molecular complexity index is 971. The zero-order valence-corrected chi connectivity index (χ0v) is 16.9. The number of aromatic nitrogens is 1. The van der Waals surface area contributed by atoms with Gasteiger partial charge in [0, 0.05) is 26.6 Å². The van der Waals surface area contributed by atoms with Crippen molar-refractivity contribution in [2.75, 3.05) is 5.32 Å². The monoisotopic (exact) mass is 461 g/mol. The van der Waals surface area contributed by atoms with E-state index in [0.717, 1.165) is 10.0 Å². The Morgan fingerprint density at radius 1 is 1.07 bits per heavy atom. The van der Waals surface area contributed by atoms with Gasteiger partial charge in [0.25, 0.3) is 11.8 Å². The SMILES string of the molecule is O=C(Nc1nccs1)/C(=C/c1ccc(Cl)cc1)NC(=O)c1ccc(Br)cc1. The van der Waals surface area contributed by atoms with Crippen molar-refractivity contribution < 1.29 is 9.59 Å². The van der Waals surface area contributed by atoms with E-state index < -0.39 is 11.8 Å². The highest BCUT2D eigenvalue weighted by Crippen LogP contribution is 2.16. The molecule has 0 saturated carbocycles. The molecule has 8 heteroatoms. The predicted molar refractivity (Wildman–Crippen MR) is 112 cm³/mol. The molecular weight excluding hydrogens is 450 g/mol. The fraction of sp³-hybridized carbons (Fsp3) is 0. The highest BCUT2D eigenvalue weighted by molar-refractivity contribution is 9.10. The van der Waals surface area contributed by atoms with E-state index in [9.17, 15) is 9.59 Å². The van der Waals surface area contributed by atoms with Crippen LogP contribution in [-0.4, -0.2) is 16.8 Å². The Hall–Kier alpha value is -2.48. The van der Waals surface area contributed by atoms with E-state index in [0.29, 0.717) is 15.7 Å². The van der Waals surface area contributed by atoms with E-state index in [1.165, 1.54) is 11.3 Å². The molecule has 5 nitrogen and oxygen atoms in total. The summed E-state index contributed by atoms with van der Waals surface area (Å²) in [5.74, 6) is -0.859. The number of carbonyl (C=O) groups excluding carboxylic acids is 2. The summed E-state index contributed by atoms with van der Waals surface area (Å²) in [5, 5.41) is 8.11. The number of thiazole rings is 1. The lowest BCUT2D eigenvalue weighted by Gasteiger charge is -2.10. The minimum atomic E-state index is -0.467. The summed E-state index contributed by atoms with van der Waals surface area (Å²) in [6.45, 7) is 0. The summed E-state index contributed by atoms with van der Waals surface area (Å²) in [4.78, 5) is 29.2. The molecule has 0 atom stereocenters. The van der Waals surface area contributed by atoms with E-state index in [4.69, 9.17) is 11.6 Å². The molecule has 2 aromatic carbocycles. The van der Waals surface area contributed by atoms with Crippen LogP contribution in [0.15, 0.2) is 70.3 Å². The molecule has 0 radical (unpaired) electrons. The Morgan fingerprint density at radius 2 is 1.78 bits per heavy atom. The lowest BCUT2D eigenvalue weighted by Crippen LogP contribution is -2.30. The number of hydrogen-bond donors (Lipinski definition) is 2. The first-order valence-corrected chi connectivity index (χ1v) is 9.81. The third-order valence-electron chi connectivity index (χ3n) is 3.43. The number of halogens is 2. The van der Waals surface area contributed by atoms with Crippen LogP contribution < -0.4 is 10.6 Å². The number of hydrogen-bond acceptors (Lipinski definition) is 4. The van der Waals surface area contributed by atoms with Crippen LogP contribution in [0.2, 0.25) is 5.02 Å². The van der Waals surface area contributed by atoms with Crippen molar-refractivity contribution in [1.82, 2.24) is 10.3 Å². The lowest BCUT2D eigenvalue weighted by molar-refractivity contribution is -0.113. The standard InChI is InChI=1S/C19H13BrClN3O2S/c20-14-5-3-13(4-6-14)17(25)23-16(11-12-1-7-15(21)8-2-12)18(26)24-19-22-9-10-27-19/h1-11H,(H,23,25)(H,22,24,26)/b16-11-. The van der Waals surface area contributed by atoms with Crippen molar-refractivity contribution >= 4 is 61.9 Å². The fourth-order valence-electron chi connectivity index (χ4n) is 2.13. The van der Waals surface area contributed by atoms with Crippen LogP contribution in [0.1, 0.15) is 15.9 Å². The van der Waals surface area contributed by atoms with Crippen LogP contribution in [0.4, 0.5) is 5.13 Å². The molecule has 136 valence electrons. The van der Waals surface area contributed by atoms with E-state index in [2.05, 4.69) is 31.5 Å². The number of amides is 2. The summed E-state index contributed by atoms with van der Waals surface area (Å²) in [6.07, 6.45) is 3.17. The third kappa shape index (κ3) is 5.50. The van der Waals surface area contributed by atoms with Gasteiger partial charge < -0.3 is 5.32 Å². The maximum absolute atomic E-state index is 12.6. The van der Waals surface area contributed by atoms with Gasteiger partial charge in [-0.05, 0) is 48.0 Å². The van der Waals surface area contributed by atoms with Gasteiger partial charge in [0.1, 0.15) is 5.70 Å². The van der Waals surface area contributed by atoms with Gasteiger partial charge in [0.2, 0.25) is 0 Å². The summed E-state index contributed by atoms with van der Waals surface area (Å²) < 4.78 is 0.859. The van der Waals surface area contributed by atoms with E-state index >= 15 is 0 Å². The number of benzene rings is 2. The summed E-state index contributed by atoms with van der Waals surface area (Å²) in [7, 11) is 0. The second-order valence-electron chi connectivity index (χ2n) is 5.36. The van der Waals surface area contributed by atoms with Gasteiger partial charge in [-0.3, -0.25) is 14.9 Å². The maximum atomic E-state index is 12.6. The quantitative estimate of drug-likeness (QED) is 0.526. The van der Waals surface area contributed by atoms with E-state index in [1.54, 1.807) is 66.2 Å². The molecule has 2 amide bonds. The lowest BCUT2D eigenvalue weighted by atomic mass is 10.1. The van der Waals surface area contributed by atoms with Crippen LogP contribution in [0.5, 0.6) is 0 Å². The van der Waals surface area contributed by atoms with Crippen LogP contribution >= 0.6 is 38.9 Å². The normalized spacial score (nSPS) is 11.1. The molecule has 3 rings (SSSR count). The first-order chi connectivity index (χ1) is 13.0. The fourth-order valence-corrected chi connectivity index (χ4v) is 3.04. The molecule has 2 N–H and O–H groups in total. The minimum Gasteiger partial charge on any atom is -0.317 e. The summed E-state index contributed by atoms with van der Waals surface area (Å²) in [5.41, 5.74) is 1.25. The van der Waals surface area contributed by atoms with Gasteiger partial charge in [-0.2, -0.15) is 0 Å². The molecule has 27 heavy (non-hydrogen) atoms. The number of rotatable bonds is 5. The zero-order chi connectivity index (χ0) is 19.2. The second-order valence-corrected chi connectivity index (χ2v) is 7.61. The molecule has 1 heterocycles. The van der Waals surface area contributed by atoms with Gasteiger partial charge in [0.15, 0.2) is 5.13 Å². The number of nitrogens with zero attached hydrogens (tertiary/aromatic N) is 1. The molecule has 0 aliphatic rings. The average molecular weight is 463 g/mol. The minimum absolute atomic E-state index is 0.0976. The Kier molecular flexibility index (Phi) is 6.39. The predicted octanol–water partition coefficient (Wildman–Crippen LogP) is 4.97. The molecule has 0 unspecified atom stereocenters. The number of nitrogens with one attached hydrogen (secondary N) is 2. The van der Waals surface area contributed by atoms with Crippen LogP contribution in [0.3, 0.4) is 0 Å². The highest BCUT2D eigenvalue weighted by atomic mass is 79.9. The first-order valence-electron chi connectivity index (χ1n) is 7.76. The Labute approximate surface area is 173 Å². The van der Waals surface area contributed by atoms with Crippen LogP contribution in [-0.2, 0) is 4.79 Å². The molecular formula is C19H13BrClN3O2S. The third-order valence-corrected chi connectivity index (χ3v) is 4.90. The van der Waals surface area contributed by atoms with Gasteiger partial charge >= 0.3 is 0 Å². The molecule has 0 saturated heterocycles. The Morgan fingerprint density at radius 3 is 2.41 bits per heavy atom. The van der Waals surface area contributed by atoms with Crippen molar-refractivity contribution in [3.8, 4) is 0 Å². The van der Waals surface area contributed by atoms with Crippen molar-refractivity contribution in [2.24, 2.45) is 0 Å². The van der Waals surface area contributed by atoms with Gasteiger partial charge in [-0.25, -0.2) is 4.98 Å². The van der Waals surface area contributed by atoms with Gasteiger partial charge in [-0.1, -0.05) is 39.7 Å². The molecule has 0 spiro atoms. The van der Waals surface area contributed by atoms with Gasteiger partial charge in [-0.15, -0.1) is 11.3 Å². The first kappa shape index (κ1) is 19.3. The average Bonchev–Trinajstić information content (AvgIpc) is 3.16. The molecule has 1 aromatic heterocycles. The van der Waals surface area contributed by atoms with Crippen molar-refractivity contribution in [3.63, 3.8) is 0 Å². The second kappa shape index (κ2) is 8.94. The van der Waals surface area contributed by atoms with Crippen molar-refractivity contribution in [1.29, 1.82) is 0 Å². The Balaban J connectivity index is 1.86. The maximum Gasteiger partial charge on any atom is 0.273 e. The molecule has 0 aliphatic heterocycles. The largest absolute Gasteiger partial charge is 0.317 e. The van der Waals surface area contributed by atoms with E-state index in [1.807, 2.05) is 0 Å². The molecule has 0 fully saturated rings.